The molecule has 0 saturated carbocycles. The van der Waals surface area contributed by atoms with Crippen molar-refractivity contribution < 1.29 is 28.2 Å². The number of nitrogens with zero attached hydrogens (tertiary/aromatic N) is 2. The number of anilines is 1. The van der Waals surface area contributed by atoms with Gasteiger partial charge in [-0.15, -0.1) is 0 Å². The largest absolute Gasteiger partial charge is 0.466 e. The fraction of sp³-hybridized carbons (Fsp3) is 0.190. The Morgan fingerprint density at radius 1 is 1.33 bits per heavy atom. The van der Waals surface area contributed by atoms with E-state index >= 15 is 0 Å². The number of aromatic nitrogens is 1. The number of β-amino-alcohol motifs (C(OH)–C–C–N with tert-alkyl or cyclic N) is 1. The number of carbonyl (C=O) groups excluding carboxylic acids is 2. The van der Waals surface area contributed by atoms with Crippen molar-refractivity contribution in [2.24, 2.45) is 0 Å². The first-order chi connectivity index (χ1) is 14.5. The Bertz CT molecular complexity index is 1140. The van der Waals surface area contributed by atoms with E-state index in [1.807, 2.05) is 0 Å². The van der Waals surface area contributed by atoms with Crippen LogP contribution >= 0.6 is 0 Å². The van der Waals surface area contributed by atoms with Gasteiger partial charge in [0.2, 0.25) is 5.89 Å². The molecule has 1 aliphatic rings. The number of hydrogen-bond donors (Lipinski definition) is 2. The third kappa shape index (κ3) is 3.50. The summed E-state index contributed by atoms with van der Waals surface area (Å²) in [5.41, 5.74) is 1.73. The lowest BCUT2D eigenvalue weighted by Crippen LogP contribution is -2.31. The molecule has 0 saturated heterocycles. The molecule has 1 aliphatic heterocycles. The van der Waals surface area contributed by atoms with Crippen LogP contribution in [0.25, 0.3) is 22.6 Å². The van der Waals surface area contributed by atoms with Gasteiger partial charge in [-0.05, 0) is 30.3 Å². The average molecular weight is 411 g/mol. The summed E-state index contributed by atoms with van der Waals surface area (Å²) in [4.78, 5) is 30.4. The molecule has 4 rings (SSSR count). The van der Waals surface area contributed by atoms with Gasteiger partial charge in [0.15, 0.2) is 5.58 Å². The SMILES string of the molecule is COC(=O)C1=C(Nc2ccc(F)c(-c3nc4ccccc4o3)c2)C(=O)N(CCO)C1. The molecule has 2 heterocycles. The van der Waals surface area contributed by atoms with E-state index in [1.165, 1.54) is 30.2 Å². The fourth-order valence-corrected chi connectivity index (χ4v) is 3.25. The predicted molar refractivity (Wildman–Crippen MR) is 106 cm³/mol. The van der Waals surface area contributed by atoms with E-state index in [1.54, 1.807) is 24.3 Å². The molecule has 2 aromatic carbocycles. The second kappa shape index (κ2) is 7.96. The summed E-state index contributed by atoms with van der Waals surface area (Å²) in [5.74, 6) is -1.57. The maximum Gasteiger partial charge on any atom is 0.337 e. The maximum atomic E-state index is 14.5. The Hall–Kier alpha value is -3.72. The van der Waals surface area contributed by atoms with E-state index in [2.05, 4.69) is 10.3 Å². The summed E-state index contributed by atoms with van der Waals surface area (Å²) in [5, 5.41) is 12.0. The third-order valence-electron chi connectivity index (χ3n) is 4.71. The van der Waals surface area contributed by atoms with Crippen LogP contribution in [0.5, 0.6) is 0 Å². The van der Waals surface area contributed by atoms with E-state index in [0.29, 0.717) is 16.8 Å². The highest BCUT2D eigenvalue weighted by molar-refractivity contribution is 6.08. The quantitative estimate of drug-likeness (QED) is 0.600. The van der Waals surface area contributed by atoms with Crippen molar-refractivity contribution in [2.75, 3.05) is 32.1 Å². The van der Waals surface area contributed by atoms with Crippen molar-refractivity contribution in [1.82, 2.24) is 9.88 Å². The number of para-hydroxylation sites is 2. The number of oxazole rings is 1. The topological polar surface area (TPSA) is 105 Å². The Balaban J connectivity index is 1.70. The Labute approximate surface area is 170 Å². The minimum atomic E-state index is -0.660. The van der Waals surface area contributed by atoms with E-state index < -0.39 is 17.7 Å². The molecule has 8 nitrogen and oxygen atoms in total. The molecule has 3 aromatic rings. The summed E-state index contributed by atoms with van der Waals surface area (Å²) < 4.78 is 24.9. The Morgan fingerprint density at radius 2 is 2.13 bits per heavy atom. The lowest BCUT2D eigenvalue weighted by molar-refractivity contribution is -0.136. The molecule has 9 heteroatoms. The number of benzene rings is 2. The number of fused-ring (bicyclic) bond motifs is 1. The van der Waals surface area contributed by atoms with Crippen molar-refractivity contribution in [3.63, 3.8) is 0 Å². The molecule has 0 spiro atoms. The van der Waals surface area contributed by atoms with Gasteiger partial charge < -0.3 is 24.5 Å². The molecule has 1 amide bonds. The van der Waals surface area contributed by atoms with Crippen molar-refractivity contribution >= 4 is 28.7 Å². The van der Waals surface area contributed by atoms with Crippen molar-refractivity contribution in [1.29, 1.82) is 0 Å². The molecule has 0 bridgehead atoms. The number of ether oxygens (including phenoxy) is 1. The molecular weight excluding hydrogens is 393 g/mol. The smallest absolute Gasteiger partial charge is 0.337 e. The molecule has 30 heavy (non-hydrogen) atoms. The lowest BCUT2D eigenvalue weighted by atomic mass is 10.1. The van der Waals surface area contributed by atoms with Crippen LogP contribution in [0, 0.1) is 5.82 Å². The molecule has 0 unspecified atom stereocenters. The van der Waals surface area contributed by atoms with Gasteiger partial charge in [-0.25, -0.2) is 14.2 Å². The highest BCUT2D eigenvalue weighted by Gasteiger charge is 2.34. The number of nitrogens with one attached hydrogen (secondary N) is 1. The van der Waals surface area contributed by atoms with Crippen LogP contribution < -0.4 is 5.32 Å². The summed E-state index contributed by atoms with van der Waals surface area (Å²) in [6, 6.07) is 11.2. The van der Waals surface area contributed by atoms with Gasteiger partial charge in [0.1, 0.15) is 17.0 Å². The molecular formula is C21H18FN3O5. The zero-order valence-electron chi connectivity index (χ0n) is 16.0. The average Bonchev–Trinajstić information content (AvgIpc) is 3.31. The number of rotatable bonds is 6. The molecule has 2 N–H and O–H groups in total. The minimum Gasteiger partial charge on any atom is -0.466 e. The zero-order valence-corrected chi connectivity index (χ0v) is 16.0. The van der Waals surface area contributed by atoms with Crippen LogP contribution in [-0.4, -0.2) is 53.7 Å². The summed E-state index contributed by atoms with van der Waals surface area (Å²) >= 11 is 0. The lowest BCUT2D eigenvalue weighted by Gasteiger charge is -2.15. The van der Waals surface area contributed by atoms with Gasteiger partial charge in [-0.3, -0.25) is 4.79 Å². The first-order valence-electron chi connectivity index (χ1n) is 9.16. The zero-order chi connectivity index (χ0) is 21.3. The number of halogens is 1. The van der Waals surface area contributed by atoms with Gasteiger partial charge in [0.05, 0.1) is 31.4 Å². The molecule has 154 valence electrons. The number of esters is 1. The van der Waals surface area contributed by atoms with E-state index in [4.69, 9.17) is 14.3 Å². The highest BCUT2D eigenvalue weighted by atomic mass is 19.1. The number of methoxy groups -OCH3 is 1. The molecule has 0 aliphatic carbocycles. The van der Waals surface area contributed by atoms with Crippen LogP contribution in [0.15, 0.2) is 58.2 Å². The second-order valence-electron chi connectivity index (χ2n) is 6.60. The first-order valence-corrected chi connectivity index (χ1v) is 9.16. The molecule has 0 fully saturated rings. The van der Waals surface area contributed by atoms with Gasteiger partial charge in [0.25, 0.3) is 5.91 Å². The minimum absolute atomic E-state index is 0.00752. The van der Waals surface area contributed by atoms with Gasteiger partial charge in [0, 0.05) is 12.2 Å². The molecule has 0 atom stereocenters. The standard InChI is InChI=1S/C21H18FN3O5/c1-29-21(28)14-11-25(8-9-26)20(27)18(14)23-12-6-7-15(22)13(10-12)19-24-16-4-2-3-5-17(16)30-19/h2-7,10,23,26H,8-9,11H2,1H3. The van der Waals surface area contributed by atoms with Crippen LogP contribution in [0.3, 0.4) is 0 Å². The number of hydrogen-bond acceptors (Lipinski definition) is 7. The van der Waals surface area contributed by atoms with Gasteiger partial charge in [-0.1, -0.05) is 12.1 Å². The van der Waals surface area contributed by atoms with Crippen molar-refractivity contribution in [3.05, 3.63) is 59.6 Å². The first kappa shape index (κ1) is 19.6. The van der Waals surface area contributed by atoms with Crippen LogP contribution in [0.1, 0.15) is 0 Å². The Morgan fingerprint density at radius 3 is 2.87 bits per heavy atom. The van der Waals surface area contributed by atoms with E-state index in [9.17, 15) is 14.0 Å². The number of carbonyl (C=O) groups is 2. The second-order valence-corrected chi connectivity index (χ2v) is 6.60. The van der Waals surface area contributed by atoms with Crippen LogP contribution in [0.2, 0.25) is 0 Å². The van der Waals surface area contributed by atoms with Crippen molar-refractivity contribution in [2.45, 2.75) is 0 Å². The van der Waals surface area contributed by atoms with Crippen LogP contribution in [0.4, 0.5) is 10.1 Å². The monoisotopic (exact) mass is 411 g/mol. The fourth-order valence-electron chi connectivity index (χ4n) is 3.25. The summed E-state index contributed by atoms with van der Waals surface area (Å²) in [6.07, 6.45) is 0. The van der Waals surface area contributed by atoms with Gasteiger partial charge in [-0.2, -0.15) is 0 Å². The summed E-state index contributed by atoms with van der Waals surface area (Å²) in [6.45, 7) is -0.165. The van der Waals surface area contributed by atoms with Crippen molar-refractivity contribution in [3.8, 4) is 11.5 Å². The van der Waals surface area contributed by atoms with E-state index in [-0.39, 0.29) is 42.4 Å². The maximum absolute atomic E-state index is 14.5. The number of aliphatic hydroxyl groups excluding tert-OH is 1. The normalized spacial score (nSPS) is 14.0. The summed E-state index contributed by atoms with van der Waals surface area (Å²) in [7, 11) is 1.22. The highest BCUT2D eigenvalue weighted by Crippen LogP contribution is 2.30. The number of aliphatic hydroxyl groups is 1. The van der Waals surface area contributed by atoms with Gasteiger partial charge >= 0.3 is 5.97 Å². The molecule has 1 aromatic heterocycles. The molecule has 0 radical (unpaired) electrons. The third-order valence-corrected chi connectivity index (χ3v) is 4.71. The van der Waals surface area contributed by atoms with E-state index in [0.717, 1.165) is 0 Å². The number of amides is 1. The Kier molecular flexibility index (Phi) is 5.20. The van der Waals surface area contributed by atoms with Crippen LogP contribution in [-0.2, 0) is 14.3 Å². The predicted octanol–water partition coefficient (Wildman–Crippen LogP) is 2.31.